The molecular weight excluding hydrogens is 352 g/mol. The zero-order valence-electron chi connectivity index (χ0n) is 14.6. The van der Waals surface area contributed by atoms with Gasteiger partial charge >= 0.3 is 0 Å². The average molecular weight is 373 g/mol. The highest BCUT2D eigenvalue weighted by molar-refractivity contribution is 6.30. The summed E-state index contributed by atoms with van der Waals surface area (Å²) in [5.74, 6) is 2.28. The first kappa shape index (κ1) is 17.2. The number of halogens is 1. The lowest BCUT2D eigenvalue weighted by molar-refractivity contribution is 0.150. The Morgan fingerprint density at radius 3 is 3.12 bits per heavy atom. The molecule has 0 spiro atoms. The second kappa shape index (κ2) is 7.57. The minimum atomic E-state index is 0.249. The van der Waals surface area contributed by atoms with Gasteiger partial charge in [0.25, 0.3) is 0 Å². The van der Waals surface area contributed by atoms with E-state index in [4.69, 9.17) is 16.1 Å². The van der Waals surface area contributed by atoms with Gasteiger partial charge < -0.3 is 14.4 Å². The Morgan fingerprint density at radius 1 is 1.38 bits per heavy atom. The zero-order valence-corrected chi connectivity index (χ0v) is 15.4. The van der Waals surface area contributed by atoms with Crippen LogP contribution in [-0.2, 0) is 13.5 Å². The molecule has 1 atom stereocenters. The SMILES string of the molecule is Cn1ccnc1C1CNCCN1CCc1nc(-c2cccc(Cl)c2)no1. The standard InChI is InChI=1S/C18H21ClN6O/c1-24-9-7-21-18(24)15-12-20-6-10-25(15)8-5-16-22-17(23-26-16)13-3-2-4-14(19)11-13/h2-4,7,9,11,15,20H,5-6,8,10,12H2,1H3. The van der Waals surface area contributed by atoms with Crippen molar-refractivity contribution in [1.29, 1.82) is 0 Å². The van der Waals surface area contributed by atoms with Crippen molar-refractivity contribution >= 4 is 11.6 Å². The van der Waals surface area contributed by atoms with Gasteiger partial charge in [-0.2, -0.15) is 4.98 Å². The summed E-state index contributed by atoms with van der Waals surface area (Å²) in [7, 11) is 2.03. The van der Waals surface area contributed by atoms with E-state index in [2.05, 4.69) is 29.9 Å². The van der Waals surface area contributed by atoms with E-state index >= 15 is 0 Å². The predicted molar refractivity (Wildman–Crippen MR) is 98.8 cm³/mol. The summed E-state index contributed by atoms with van der Waals surface area (Å²) in [5.41, 5.74) is 0.862. The molecule has 4 rings (SSSR count). The molecule has 3 heterocycles. The molecule has 2 aromatic heterocycles. The maximum atomic E-state index is 6.04. The molecule has 1 N–H and O–H groups in total. The number of benzene rings is 1. The van der Waals surface area contributed by atoms with Crippen molar-refractivity contribution in [3.63, 3.8) is 0 Å². The highest BCUT2D eigenvalue weighted by atomic mass is 35.5. The Balaban J connectivity index is 1.44. The van der Waals surface area contributed by atoms with Gasteiger partial charge in [0.05, 0.1) is 6.04 Å². The Labute approximate surface area is 157 Å². The molecule has 1 unspecified atom stereocenters. The monoisotopic (exact) mass is 372 g/mol. The van der Waals surface area contributed by atoms with E-state index in [1.54, 1.807) is 0 Å². The lowest BCUT2D eigenvalue weighted by Crippen LogP contribution is -2.47. The fraction of sp³-hybridized carbons (Fsp3) is 0.389. The van der Waals surface area contributed by atoms with Crippen LogP contribution in [0.25, 0.3) is 11.4 Å². The van der Waals surface area contributed by atoms with Crippen LogP contribution in [-0.4, -0.2) is 50.8 Å². The third-order valence-electron chi connectivity index (χ3n) is 4.67. The first-order valence-electron chi connectivity index (χ1n) is 8.71. The molecule has 3 aromatic rings. The average Bonchev–Trinajstić information content (AvgIpc) is 3.29. The molecule has 1 aromatic carbocycles. The van der Waals surface area contributed by atoms with Crippen molar-refractivity contribution in [3.05, 3.63) is 53.4 Å². The van der Waals surface area contributed by atoms with Crippen molar-refractivity contribution in [2.45, 2.75) is 12.5 Å². The molecule has 0 aliphatic carbocycles. The van der Waals surface area contributed by atoms with Crippen LogP contribution >= 0.6 is 11.6 Å². The van der Waals surface area contributed by atoms with Crippen LogP contribution in [0.4, 0.5) is 0 Å². The summed E-state index contributed by atoms with van der Waals surface area (Å²) < 4.78 is 7.51. The van der Waals surface area contributed by atoms with E-state index in [1.165, 1.54) is 0 Å². The second-order valence-electron chi connectivity index (χ2n) is 6.42. The molecule has 0 bridgehead atoms. The normalized spacial score (nSPS) is 18.3. The molecule has 1 saturated heterocycles. The topological polar surface area (TPSA) is 72.0 Å². The first-order valence-corrected chi connectivity index (χ1v) is 9.09. The molecule has 26 heavy (non-hydrogen) atoms. The van der Waals surface area contributed by atoms with Gasteiger partial charge in [-0.3, -0.25) is 4.90 Å². The maximum Gasteiger partial charge on any atom is 0.228 e. The summed E-state index contributed by atoms with van der Waals surface area (Å²) in [6, 6.07) is 7.72. The minimum absolute atomic E-state index is 0.249. The van der Waals surface area contributed by atoms with Crippen LogP contribution in [0.5, 0.6) is 0 Å². The molecule has 1 fully saturated rings. The fourth-order valence-corrected chi connectivity index (χ4v) is 3.50. The quantitative estimate of drug-likeness (QED) is 0.741. The molecule has 1 aliphatic heterocycles. The van der Waals surface area contributed by atoms with Crippen molar-refractivity contribution in [3.8, 4) is 11.4 Å². The van der Waals surface area contributed by atoms with Gasteiger partial charge in [0, 0.05) is 62.6 Å². The third kappa shape index (κ3) is 3.65. The molecule has 0 saturated carbocycles. The van der Waals surface area contributed by atoms with Crippen LogP contribution in [0, 0.1) is 0 Å². The summed E-state index contributed by atoms with van der Waals surface area (Å²) >= 11 is 6.04. The maximum absolute atomic E-state index is 6.04. The van der Waals surface area contributed by atoms with Crippen molar-refractivity contribution in [2.75, 3.05) is 26.2 Å². The van der Waals surface area contributed by atoms with Gasteiger partial charge in [0.2, 0.25) is 11.7 Å². The Hall–Kier alpha value is -2.22. The lowest BCUT2D eigenvalue weighted by Gasteiger charge is -2.35. The number of piperazine rings is 1. The number of hydrogen-bond acceptors (Lipinski definition) is 6. The van der Waals surface area contributed by atoms with Gasteiger partial charge in [0.15, 0.2) is 0 Å². The lowest BCUT2D eigenvalue weighted by atomic mass is 10.1. The van der Waals surface area contributed by atoms with Crippen LogP contribution in [0.3, 0.4) is 0 Å². The van der Waals surface area contributed by atoms with Crippen LogP contribution in [0.15, 0.2) is 41.2 Å². The summed E-state index contributed by atoms with van der Waals surface area (Å²) in [5, 5.41) is 8.19. The van der Waals surface area contributed by atoms with Crippen molar-refractivity contribution in [2.24, 2.45) is 7.05 Å². The fourth-order valence-electron chi connectivity index (χ4n) is 3.31. The van der Waals surface area contributed by atoms with E-state index in [1.807, 2.05) is 43.7 Å². The van der Waals surface area contributed by atoms with Crippen molar-refractivity contribution in [1.82, 2.24) is 29.9 Å². The highest BCUT2D eigenvalue weighted by Crippen LogP contribution is 2.22. The van der Waals surface area contributed by atoms with E-state index < -0.39 is 0 Å². The first-order chi connectivity index (χ1) is 12.7. The van der Waals surface area contributed by atoms with Crippen LogP contribution < -0.4 is 5.32 Å². The number of rotatable bonds is 5. The molecule has 7 nitrogen and oxygen atoms in total. The van der Waals surface area contributed by atoms with Gasteiger partial charge in [-0.1, -0.05) is 28.9 Å². The van der Waals surface area contributed by atoms with Gasteiger partial charge in [-0.15, -0.1) is 0 Å². The number of aryl methyl sites for hydroxylation is 1. The van der Waals surface area contributed by atoms with Gasteiger partial charge in [-0.25, -0.2) is 4.98 Å². The zero-order chi connectivity index (χ0) is 17.9. The molecule has 8 heteroatoms. The van der Waals surface area contributed by atoms with Crippen LogP contribution in [0.2, 0.25) is 5.02 Å². The van der Waals surface area contributed by atoms with E-state index in [0.29, 0.717) is 23.2 Å². The summed E-state index contributed by atoms with van der Waals surface area (Å²) in [4.78, 5) is 11.4. The van der Waals surface area contributed by atoms with Gasteiger partial charge in [-0.05, 0) is 12.1 Å². The largest absolute Gasteiger partial charge is 0.339 e. The molecular formula is C18H21ClN6O. The number of nitrogens with one attached hydrogen (secondary N) is 1. The number of nitrogens with zero attached hydrogens (tertiary/aromatic N) is 5. The Bertz CT molecular complexity index is 876. The highest BCUT2D eigenvalue weighted by Gasteiger charge is 2.26. The minimum Gasteiger partial charge on any atom is -0.339 e. The van der Waals surface area contributed by atoms with E-state index in [-0.39, 0.29) is 6.04 Å². The van der Waals surface area contributed by atoms with Crippen molar-refractivity contribution < 1.29 is 4.52 Å². The number of imidazole rings is 1. The predicted octanol–water partition coefficient (Wildman–Crippen LogP) is 2.31. The molecule has 136 valence electrons. The summed E-state index contributed by atoms with van der Waals surface area (Å²) in [6.45, 7) is 3.67. The van der Waals surface area contributed by atoms with E-state index in [0.717, 1.165) is 37.6 Å². The number of aromatic nitrogens is 4. The second-order valence-corrected chi connectivity index (χ2v) is 6.86. The van der Waals surface area contributed by atoms with Crippen LogP contribution in [0.1, 0.15) is 17.8 Å². The molecule has 0 radical (unpaired) electrons. The molecule has 1 aliphatic rings. The Morgan fingerprint density at radius 2 is 2.31 bits per heavy atom. The third-order valence-corrected chi connectivity index (χ3v) is 4.91. The Kier molecular flexibility index (Phi) is 5.01. The van der Waals surface area contributed by atoms with E-state index in [9.17, 15) is 0 Å². The smallest absolute Gasteiger partial charge is 0.228 e. The summed E-state index contributed by atoms with van der Waals surface area (Å²) in [6.07, 6.45) is 4.53. The molecule has 0 amide bonds. The van der Waals surface area contributed by atoms with Gasteiger partial charge in [0.1, 0.15) is 5.82 Å². The number of hydrogen-bond donors (Lipinski definition) is 1.